The van der Waals surface area contributed by atoms with Crippen LogP contribution in [-0.4, -0.2) is 32.6 Å². The molecule has 0 fully saturated rings. The molecule has 0 unspecified atom stereocenters. The zero-order valence-electron chi connectivity index (χ0n) is 14.0. The molecule has 0 aliphatic carbocycles. The number of amides is 1. The Labute approximate surface area is 163 Å². The van der Waals surface area contributed by atoms with Crippen LogP contribution >= 0.6 is 27.3 Å². The summed E-state index contributed by atoms with van der Waals surface area (Å²) in [4.78, 5) is 19.0. The quantitative estimate of drug-likeness (QED) is 0.481. The number of aromatic nitrogens is 3. The maximum atomic E-state index is 12.7. The summed E-state index contributed by atoms with van der Waals surface area (Å²) in [6.45, 7) is 0.492. The van der Waals surface area contributed by atoms with E-state index in [0.717, 1.165) is 25.4 Å². The van der Waals surface area contributed by atoms with E-state index in [1.165, 1.54) is 0 Å². The molecule has 1 amide bonds. The third kappa shape index (κ3) is 3.40. The van der Waals surface area contributed by atoms with Crippen LogP contribution in [0.2, 0.25) is 0 Å². The number of rotatable bonds is 4. The molecule has 2 aromatic heterocycles. The fraction of sp³-hybridized carbons (Fsp3) is 0.105. The molecule has 0 N–H and O–H groups in total. The summed E-state index contributed by atoms with van der Waals surface area (Å²) >= 11 is 5.00. The summed E-state index contributed by atoms with van der Waals surface area (Å²) in [5.74, 6) is -0.0301. The van der Waals surface area contributed by atoms with Crippen molar-refractivity contribution >= 4 is 43.4 Å². The molecule has 5 nitrogen and oxygen atoms in total. The van der Waals surface area contributed by atoms with Gasteiger partial charge in [0.1, 0.15) is 5.01 Å². The van der Waals surface area contributed by atoms with Crippen LogP contribution in [0.3, 0.4) is 0 Å². The minimum absolute atomic E-state index is 0.0301. The maximum absolute atomic E-state index is 12.7. The summed E-state index contributed by atoms with van der Waals surface area (Å²) in [6, 6.07) is 15.4. The van der Waals surface area contributed by atoms with Crippen molar-refractivity contribution in [2.24, 2.45) is 0 Å². The molecular weight excluding hydrogens is 412 g/mol. The van der Waals surface area contributed by atoms with Gasteiger partial charge in [0.15, 0.2) is 0 Å². The number of carbonyl (C=O) groups excluding carboxylic acids is 1. The van der Waals surface area contributed by atoms with E-state index in [2.05, 4.69) is 26.0 Å². The molecule has 0 aliphatic rings. The van der Waals surface area contributed by atoms with Crippen LogP contribution in [0.4, 0.5) is 0 Å². The topological polar surface area (TPSA) is 51.0 Å². The van der Waals surface area contributed by atoms with Gasteiger partial charge < -0.3 is 4.90 Å². The second kappa shape index (κ2) is 7.01. The van der Waals surface area contributed by atoms with Crippen molar-refractivity contribution in [3.05, 3.63) is 76.0 Å². The summed E-state index contributed by atoms with van der Waals surface area (Å²) in [5.41, 5.74) is 2.52. The second-order valence-electron chi connectivity index (χ2n) is 5.89. The predicted octanol–water partition coefficient (Wildman–Crippen LogP) is 4.52. The molecule has 4 rings (SSSR count). The van der Waals surface area contributed by atoms with Gasteiger partial charge in [-0.05, 0) is 52.3 Å². The number of benzene rings is 2. The lowest BCUT2D eigenvalue weighted by Gasteiger charge is -2.16. The van der Waals surface area contributed by atoms with E-state index in [1.54, 1.807) is 34.2 Å². The number of hydrogen-bond acceptors (Lipinski definition) is 4. The fourth-order valence-corrected chi connectivity index (χ4v) is 3.99. The molecule has 0 radical (unpaired) electrons. The standard InChI is InChI=1S/C19H15BrN4OS/c1-23(12-18-22-16-4-2-3-5-17(16)26-18)19(25)13-6-8-15(9-7-13)24-11-14(20)10-21-24/h2-11H,12H2,1H3. The van der Waals surface area contributed by atoms with Crippen LogP contribution in [-0.2, 0) is 6.54 Å². The number of thiazole rings is 1. The summed E-state index contributed by atoms with van der Waals surface area (Å²) in [7, 11) is 1.80. The van der Waals surface area contributed by atoms with Gasteiger partial charge in [-0.1, -0.05) is 12.1 Å². The maximum Gasteiger partial charge on any atom is 0.253 e. The lowest BCUT2D eigenvalue weighted by atomic mass is 10.2. The highest BCUT2D eigenvalue weighted by molar-refractivity contribution is 9.10. The largest absolute Gasteiger partial charge is 0.335 e. The van der Waals surface area contributed by atoms with Gasteiger partial charge in [0.25, 0.3) is 5.91 Å². The molecule has 0 atom stereocenters. The molecule has 0 saturated carbocycles. The molecule has 0 spiro atoms. The van der Waals surface area contributed by atoms with Gasteiger partial charge in [-0.15, -0.1) is 11.3 Å². The lowest BCUT2D eigenvalue weighted by molar-refractivity contribution is 0.0785. The van der Waals surface area contributed by atoms with Crippen LogP contribution in [0.25, 0.3) is 15.9 Å². The third-order valence-electron chi connectivity index (χ3n) is 3.99. The number of hydrogen-bond donors (Lipinski definition) is 0. The number of para-hydroxylation sites is 1. The molecule has 0 saturated heterocycles. The van der Waals surface area contributed by atoms with Crippen molar-refractivity contribution in [3.8, 4) is 5.69 Å². The first-order valence-corrected chi connectivity index (χ1v) is 9.61. The lowest BCUT2D eigenvalue weighted by Crippen LogP contribution is -2.26. The normalized spacial score (nSPS) is 11.0. The van der Waals surface area contributed by atoms with Crippen molar-refractivity contribution in [1.29, 1.82) is 0 Å². The Morgan fingerprint density at radius 2 is 1.96 bits per heavy atom. The summed E-state index contributed by atoms with van der Waals surface area (Å²) < 4.78 is 3.80. The molecular formula is C19H15BrN4OS. The zero-order valence-corrected chi connectivity index (χ0v) is 16.4. The second-order valence-corrected chi connectivity index (χ2v) is 7.92. The van der Waals surface area contributed by atoms with Crippen molar-refractivity contribution < 1.29 is 4.79 Å². The molecule has 2 aromatic carbocycles. The molecule has 130 valence electrons. The average molecular weight is 427 g/mol. The van der Waals surface area contributed by atoms with Crippen molar-refractivity contribution in [1.82, 2.24) is 19.7 Å². The predicted molar refractivity (Wildman–Crippen MR) is 107 cm³/mol. The van der Waals surface area contributed by atoms with Gasteiger partial charge in [0, 0.05) is 18.8 Å². The van der Waals surface area contributed by atoms with Crippen LogP contribution in [0.5, 0.6) is 0 Å². The summed E-state index contributed by atoms with van der Waals surface area (Å²) in [5, 5.41) is 5.17. The fourth-order valence-electron chi connectivity index (χ4n) is 2.68. The molecule has 2 heterocycles. The van der Waals surface area contributed by atoms with E-state index in [9.17, 15) is 4.79 Å². The van der Waals surface area contributed by atoms with Crippen molar-refractivity contribution in [2.45, 2.75) is 6.54 Å². The van der Waals surface area contributed by atoms with Crippen molar-refractivity contribution in [3.63, 3.8) is 0 Å². The smallest absolute Gasteiger partial charge is 0.253 e. The van der Waals surface area contributed by atoms with E-state index in [-0.39, 0.29) is 5.91 Å². The van der Waals surface area contributed by atoms with E-state index in [1.807, 2.05) is 54.7 Å². The van der Waals surface area contributed by atoms with E-state index >= 15 is 0 Å². The van der Waals surface area contributed by atoms with Gasteiger partial charge in [0.2, 0.25) is 0 Å². The Hall–Kier alpha value is -2.51. The first-order chi connectivity index (χ1) is 12.6. The number of halogens is 1. The highest BCUT2D eigenvalue weighted by Gasteiger charge is 2.14. The molecule has 0 bridgehead atoms. The molecule has 26 heavy (non-hydrogen) atoms. The minimum Gasteiger partial charge on any atom is -0.335 e. The molecule has 7 heteroatoms. The summed E-state index contributed by atoms with van der Waals surface area (Å²) in [6.07, 6.45) is 3.60. The Bertz CT molecular complexity index is 1040. The van der Waals surface area contributed by atoms with Crippen LogP contribution in [0, 0.1) is 0 Å². The van der Waals surface area contributed by atoms with Crippen LogP contribution in [0.15, 0.2) is 65.4 Å². The van der Waals surface area contributed by atoms with Crippen LogP contribution < -0.4 is 0 Å². The van der Waals surface area contributed by atoms with Crippen LogP contribution in [0.1, 0.15) is 15.4 Å². The zero-order chi connectivity index (χ0) is 18.1. The van der Waals surface area contributed by atoms with Gasteiger partial charge in [0.05, 0.1) is 33.1 Å². The Morgan fingerprint density at radius 1 is 1.19 bits per heavy atom. The minimum atomic E-state index is -0.0301. The van der Waals surface area contributed by atoms with E-state index in [0.29, 0.717) is 12.1 Å². The van der Waals surface area contributed by atoms with Gasteiger partial charge >= 0.3 is 0 Å². The Kier molecular flexibility index (Phi) is 4.57. The average Bonchev–Trinajstić information content (AvgIpc) is 3.26. The van der Waals surface area contributed by atoms with Gasteiger partial charge in [-0.25, -0.2) is 9.67 Å². The first-order valence-electron chi connectivity index (χ1n) is 8.01. The Balaban J connectivity index is 1.49. The SMILES string of the molecule is CN(Cc1nc2ccccc2s1)C(=O)c1ccc(-n2cc(Br)cn2)cc1. The number of nitrogens with zero attached hydrogens (tertiary/aromatic N) is 4. The highest BCUT2D eigenvalue weighted by Crippen LogP contribution is 2.23. The number of carbonyl (C=O) groups is 1. The van der Waals surface area contributed by atoms with E-state index < -0.39 is 0 Å². The highest BCUT2D eigenvalue weighted by atomic mass is 79.9. The molecule has 4 aromatic rings. The monoisotopic (exact) mass is 426 g/mol. The number of fused-ring (bicyclic) bond motifs is 1. The first kappa shape index (κ1) is 16.9. The van der Waals surface area contributed by atoms with E-state index in [4.69, 9.17) is 0 Å². The molecule has 0 aliphatic heterocycles. The van der Waals surface area contributed by atoms with Gasteiger partial charge in [-0.2, -0.15) is 5.10 Å². The van der Waals surface area contributed by atoms with Crippen molar-refractivity contribution in [2.75, 3.05) is 7.05 Å². The third-order valence-corrected chi connectivity index (χ3v) is 5.42. The Morgan fingerprint density at radius 3 is 2.65 bits per heavy atom. The van der Waals surface area contributed by atoms with Gasteiger partial charge in [-0.3, -0.25) is 4.79 Å².